The van der Waals surface area contributed by atoms with Gasteiger partial charge in [-0.1, -0.05) is 6.08 Å². The van der Waals surface area contributed by atoms with Crippen LogP contribution in [0.4, 0.5) is 0 Å². The topological polar surface area (TPSA) is 15.3 Å². The third kappa shape index (κ3) is 6.23. The van der Waals surface area contributed by atoms with Crippen molar-refractivity contribution in [1.82, 2.24) is 10.2 Å². The molecule has 0 aliphatic heterocycles. The van der Waals surface area contributed by atoms with Crippen molar-refractivity contribution in [2.45, 2.75) is 71.0 Å². The van der Waals surface area contributed by atoms with Gasteiger partial charge in [-0.25, -0.2) is 0 Å². The fourth-order valence-corrected chi connectivity index (χ4v) is 2.27. The van der Waals surface area contributed by atoms with Crippen LogP contribution in [0.15, 0.2) is 12.7 Å². The van der Waals surface area contributed by atoms with Gasteiger partial charge in [-0.15, -0.1) is 6.58 Å². The molecule has 1 fully saturated rings. The van der Waals surface area contributed by atoms with E-state index in [0.29, 0.717) is 6.04 Å². The monoisotopic (exact) mass is 238 g/mol. The molecule has 0 aromatic rings. The van der Waals surface area contributed by atoms with Crippen LogP contribution in [0.2, 0.25) is 0 Å². The first-order valence-electron chi connectivity index (χ1n) is 7.05. The highest BCUT2D eigenvalue weighted by molar-refractivity contribution is 4.90. The number of hydrogen-bond acceptors (Lipinski definition) is 2. The van der Waals surface area contributed by atoms with Crippen LogP contribution >= 0.6 is 0 Å². The largest absolute Gasteiger partial charge is 0.312 e. The van der Waals surface area contributed by atoms with E-state index in [-0.39, 0.29) is 5.54 Å². The summed E-state index contributed by atoms with van der Waals surface area (Å²) < 4.78 is 0. The summed E-state index contributed by atoms with van der Waals surface area (Å²) in [7, 11) is 0. The summed E-state index contributed by atoms with van der Waals surface area (Å²) >= 11 is 0. The van der Waals surface area contributed by atoms with E-state index in [9.17, 15) is 0 Å². The maximum atomic E-state index is 3.87. The van der Waals surface area contributed by atoms with Crippen molar-refractivity contribution < 1.29 is 0 Å². The summed E-state index contributed by atoms with van der Waals surface area (Å²) in [4.78, 5) is 2.62. The second-order valence-corrected chi connectivity index (χ2v) is 6.38. The zero-order valence-corrected chi connectivity index (χ0v) is 12.1. The predicted molar refractivity (Wildman–Crippen MR) is 76.4 cm³/mol. The highest BCUT2D eigenvalue weighted by Gasteiger charge is 2.30. The van der Waals surface area contributed by atoms with Gasteiger partial charge in [0.25, 0.3) is 0 Å². The first-order valence-corrected chi connectivity index (χ1v) is 7.05. The first kappa shape index (κ1) is 14.7. The zero-order chi connectivity index (χ0) is 12.9. The van der Waals surface area contributed by atoms with Crippen molar-refractivity contribution in [2.75, 3.05) is 13.1 Å². The number of hydrogen-bond donors (Lipinski definition) is 1. The minimum Gasteiger partial charge on any atom is -0.312 e. The average molecular weight is 238 g/mol. The molecule has 0 amide bonds. The summed E-state index contributed by atoms with van der Waals surface area (Å²) in [5, 5.41) is 3.55. The minimum atomic E-state index is 0.251. The van der Waals surface area contributed by atoms with Crippen LogP contribution < -0.4 is 5.32 Å². The van der Waals surface area contributed by atoms with Crippen LogP contribution in [0.1, 0.15) is 53.4 Å². The Morgan fingerprint density at radius 2 is 2.06 bits per heavy atom. The smallest absolute Gasteiger partial charge is 0.0166 e. The van der Waals surface area contributed by atoms with Gasteiger partial charge < -0.3 is 5.32 Å². The van der Waals surface area contributed by atoms with Crippen molar-refractivity contribution >= 4 is 0 Å². The molecule has 0 aromatic heterocycles. The van der Waals surface area contributed by atoms with E-state index in [2.05, 4.69) is 44.5 Å². The van der Waals surface area contributed by atoms with E-state index in [1.54, 1.807) is 0 Å². The van der Waals surface area contributed by atoms with Gasteiger partial charge in [0.2, 0.25) is 0 Å². The Kier molecular flexibility index (Phi) is 5.68. The predicted octanol–water partition coefficient (Wildman–Crippen LogP) is 3.19. The molecule has 17 heavy (non-hydrogen) atoms. The zero-order valence-electron chi connectivity index (χ0n) is 12.1. The molecule has 0 spiro atoms. The molecule has 0 heterocycles. The van der Waals surface area contributed by atoms with Crippen molar-refractivity contribution in [2.24, 2.45) is 0 Å². The molecule has 1 saturated carbocycles. The lowest BCUT2D eigenvalue weighted by molar-refractivity contribution is 0.207. The highest BCUT2D eigenvalue weighted by atomic mass is 15.2. The van der Waals surface area contributed by atoms with E-state index in [4.69, 9.17) is 0 Å². The molecule has 1 unspecified atom stereocenters. The molecule has 1 rings (SSSR count). The summed E-state index contributed by atoms with van der Waals surface area (Å²) in [6.07, 6.45) is 7.37. The highest BCUT2D eigenvalue weighted by Crippen LogP contribution is 2.29. The normalized spacial score (nSPS) is 18.4. The Labute approximate surface area is 107 Å². The molecule has 0 bridgehead atoms. The Bertz CT molecular complexity index is 226. The van der Waals surface area contributed by atoms with Crippen LogP contribution in [0, 0.1) is 0 Å². The SMILES string of the molecule is C=CCN(C(C)CCCNC(C)(C)C)C1CC1. The molecule has 0 saturated heterocycles. The molecule has 1 atom stereocenters. The van der Waals surface area contributed by atoms with Crippen LogP contribution in [0.3, 0.4) is 0 Å². The molecule has 100 valence electrons. The van der Waals surface area contributed by atoms with Gasteiger partial charge in [-0.05, 0) is 59.9 Å². The number of nitrogens with one attached hydrogen (secondary N) is 1. The second kappa shape index (κ2) is 6.55. The first-order chi connectivity index (χ1) is 7.94. The third-order valence-electron chi connectivity index (χ3n) is 3.38. The van der Waals surface area contributed by atoms with Crippen LogP contribution in [0.5, 0.6) is 0 Å². The number of nitrogens with zero attached hydrogens (tertiary/aromatic N) is 1. The lowest BCUT2D eigenvalue weighted by atomic mass is 10.1. The minimum absolute atomic E-state index is 0.251. The molecular weight excluding hydrogens is 208 g/mol. The standard InChI is InChI=1S/C15H30N2/c1-6-12-17(14-9-10-14)13(2)8-7-11-16-15(3,4)5/h6,13-14,16H,1,7-12H2,2-5H3. The summed E-state index contributed by atoms with van der Waals surface area (Å²) in [6.45, 7) is 15.1. The fraction of sp³-hybridized carbons (Fsp3) is 0.867. The molecule has 2 nitrogen and oxygen atoms in total. The maximum absolute atomic E-state index is 3.87. The van der Waals surface area contributed by atoms with E-state index in [1.807, 2.05) is 6.08 Å². The molecule has 1 aliphatic rings. The fourth-order valence-electron chi connectivity index (χ4n) is 2.27. The van der Waals surface area contributed by atoms with Gasteiger partial charge in [-0.3, -0.25) is 4.90 Å². The van der Waals surface area contributed by atoms with Crippen molar-refractivity contribution in [3.05, 3.63) is 12.7 Å². The van der Waals surface area contributed by atoms with Crippen LogP contribution in [-0.2, 0) is 0 Å². The van der Waals surface area contributed by atoms with Crippen LogP contribution in [0.25, 0.3) is 0 Å². The van der Waals surface area contributed by atoms with Gasteiger partial charge in [0.15, 0.2) is 0 Å². The Morgan fingerprint density at radius 3 is 2.53 bits per heavy atom. The number of rotatable bonds is 8. The van der Waals surface area contributed by atoms with Gasteiger partial charge in [0.05, 0.1) is 0 Å². The van der Waals surface area contributed by atoms with E-state index in [1.165, 1.54) is 25.7 Å². The van der Waals surface area contributed by atoms with E-state index < -0.39 is 0 Å². The summed E-state index contributed by atoms with van der Waals surface area (Å²) in [6, 6.07) is 1.54. The van der Waals surface area contributed by atoms with Crippen molar-refractivity contribution in [3.63, 3.8) is 0 Å². The molecule has 0 aromatic carbocycles. The molecular formula is C15H30N2. The van der Waals surface area contributed by atoms with Gasteiger partial charge in [-0.2, -0.15) is 0 Å². The molecule has 2 heteroatoms. The summed E-state index contributed by atoms with van der Waals surface area (Å²) in [5.74, 6) is 0. The second-order valence-electron chi connectivity index (χ2n) is 6.38. The lowest BCUT2D eigenvalue weighted by Gasteiger charge is -2.28. The van der Waals surface area contributed by atoms with Crippen LogP contribution in [-0.4, -0.2) is 35.6 Å². The quantitative estimate of drug-likeness (QED) is 0.516. The Hall–Kier alpha value is -0.340. The van der Waals surface area contributed by atoms with Crippen molar-refractivity contribution in [1.29, 1.82) is 0 Å². The lowest BCUT2D eigenvalue weighted by Crippen LogP contribution is -2.38. The average Bonchev–Trinajstić information content (AvgIpc) is 3.03. The summed E-state index contributed by atoms with van der Waals surface area (Å²) in [5.41, 5.74) is 0.251. The van der Waals surface area contributed by atoms with Crippen molar-refractivity contribution in [3.8, 4) is 0 Å². The van der Waals surface area contributed by atoms with E-state index in [0.717, 1.165) is 19.1 Å². The Morgan fingerprint density at radius 1 is 1.41 bits per heavy atom. The third-order valence-corrected chi connectivity index (χ3v) is 3.38. The Balaban J connectivity index is 2.18. The molecule has 1 N–H and O–H groups in total. The molecule has 1 aliphatic carbocycles. The molecule has 0 radical (unpaired) electrons. The maximum Gasteiger partial charge on any atom is 0.0166 e. The van der Waals surface area contributed by atoms with Gasteiger partial charge in [0, 0.05) is 24.2 Å². The van der Waals surface area contributed by atoms with Gasteiger partial charge in [0.1, 0.15) is 0 Å². The van der Waals surface area contributed by atoms with E-state index >= 15 is 0 Å². The van der Waals surface area contributed by atoms with Gasteiger partial charge >= 0.3 is 0 Å².